The molecule has 0 aromatic rings. The number of aliphatic hydroxyl groups excluding tert-OH is 7. The van der Waals surface area contributed by atoms with Crippen molar-refractivity contribution in [2.45, 2.75) is 384 Å². The highest BCUT2D eigenvalue weighted by Gasteiger charge is 2.44. The Balaban J connectivity index is 2.23. The predicted molar refractivity (Wildman–Crippen MR) is 326 cm³/mol. The van der Waals surface area contributed by atoms with Gasteiger partial charge in [0, 0.05) is 0 Å². The molecule has 0 aromatic carbocycles. The number of hydrogen-bond donors (Lipinski definition) is 8. The Morgan fingerprint density at radius 1 is 0.449 bits per heavy atom. The minimum atomic E-state index is -1.66. The van der Waals surface area contributed by atoms with E-state index in [0.717, 1.165) is 51.4 Å². The summed E-state index contributed by atoms with van der Waals surface area (Å²) in [6.07, 6.45) is 58.1. The van der Waals surface area contributed by atoms with E-state index in [-0.39, 0.29) is 6.42 Å². The first-order chi connectivity index (χ1) is 38.2. The summed E-state index contributed by atoms with van der Waals surface area (Å²) in [5.74, 6) is -0.694. The molecule has 1 amide bonds. The quantitative estimate of drug-likeness (QED) is 0.0215. The summed E-state index contributed by atoms with van der Waals surface area (Å²) in [7, 11) is 0. The maximum atomic E-state index is 13.2. The summed E-state index contributed by atoms with van der Waals surface area (Å²) in [4.78, 5) is 13.2. The summed E-state index contributed by atoms with van der Waals surface area (Å²) in [5.41, 5.74) is 0. The normalized spacial score (nSPS) is 19.5. The van der Waals surface area contributed by atoms with Gasteiger partial charge in [-0.2, -0.15) is 0 Å². The molecule has 1 aliphatic heterocycles. The van der Waals surface area contributed by atoms with Gasteiger partial charge in [0.05, 0.1) is 25.4 Å². The van der Waals surface area contributed by atoms with E-state index in [4.69, 9.17) is 9.47 Å². The van der Waals surface area contributed by atoms with Crippen molar-refractivity contribution < 1.29 is 50.0 Å². The van der Waals surface area contributed by atoms with Gasteiger partial charge < -0.3 is 50.5 Å². The topological polar surface area (TPSA) is 189 Å². The highest BCUT2D eigenvalue weighted by atomic mass is 16.7. The average Bonchev–Trinajstić information content (AvgIpc) is 3.46. The minimum Gasteiger partial charge on any atom is -0.394 e. The zero-order valence-electron chi connectivity index (χ0n) is 50.9. The van der Waals surface area contributed by atoms with Gasteiger partial charge in [-0.1, -0.05) is 308 Å². The van der Waals surface area contributed by atoms with Gasteiger partial charge >= 0.3 is 0 Å². The molecule has 0 spiro atoms. The number of carbonyl (C=O) groups is 1. The van der Waals surface area contributed by atoms with E-state index in [9.17, 15) is 40.5 Å². The molecule has 0 saturated carbocycles. The summed E-state index contributed by atoms with van der Waals surface area (Å²) >= 11 is 0. The molecule has 8 N–H and O–H groups in total. The van der Waals surface area contributed by atoms with Crippen LogP contribution in [0.2, 0.25) is 0 Å². The highest BCUT2D eigenvalue weighted by Crippen LogP contribution is 2.24. The lowest BCUT2D eigenvalue weighted by atomic mass is 9.98. The van der Waals surface area contributed by atoms with Gasteiger partial charge in [-0.05, 0) is 44.9 Å². The SMILES string of the molecule is CCCCCCCCCCC/C=C\C/C=C\CCCCCCCCCCCCC(O)C(=O)NC(COC1OC(CO)C(O)C(O)C1O)C(O)C(O)CCCCCCCCCCCCCCCCCCCCCCCCCCC. The number of hydrogen-bond acceptors (Lipinski definition) is 10. The zero-order valence-corrected chi connectivity index (χ0v) is 50.9. The van der Waals surface area contributed by atoms with Crippen LogP contribution in [0.5, 0.6) is 0 Å². The van der Waals surface area contributed by atoms with Crippen molar-refractivity contribution in [3.05, 3.63) is 24.3 Å². The van der Waals surface area contributed by atoms with Crippen LogP contribution in [0.15, 0.2) is 24.3 Å². The van der Waals surface area contributed by atoms with Crippen LogP contribution >= 0.6 is 0 Å². The van der Waals surface area contributed by atoms with Gasteiger partial charge in [-0.15, -0.1) is 0 Å². The maximum absolute atomic E-state index is 13.2. The van der Waals surface area contributed by atoms with Crippen LogP contribution in [-0.4, -0.2) is 110 Å². The van der Waals surface area contributed by atoms with Crippen LogP contribution in [0.1, 0.15) is 328 Å². The molecule has 462 valence electrons. The number of aliphatic hydroxyl groups is 7. The Labute approximate surface area is 480 Å². The Morgan fingerprint density at radius 2 is 0.782 bits per heavy atom. The summed E-state index contributed by atoms with van der Waals surface area (Å²) in [6.45, 7) is 3.51. The van der Waals surface area contributed by atoms with Gasteiger partial charge in [0.2, 0.25) is 5.91 Å². The third-order valence-electron chi connectivity index (χ3n) is 16.5. The van der Waals surface area contributed by atoms with Crippen molar-refractivity contribution in [2.24, 2.45) is 0 Å². The monoisotopic (exact) mass is 1110 g/mol. The Kier molecular flexibility index (Phi) is 53.6. The van der Waals surface area contributed by atoms with Crippen molar-refractivity contribution in [3.8, 4) is 0 Å². The molecule has 11 heteroatoms. The van der Waals surface area contributed by atoms with Gasteiger partial charge in [-0.3, -0.25) is 4.79 Å². The van der Waals surface area contributed by atoms with Crippen LogP contribution in [-0.2, 0) is 14.3 Å². The predicted octanol–water partition coefficient (Wildman–Crippen LogP) is 15.6. The summed E-state index contributed by atoms with van der Waals surface area (Å²) in [6, 6.07) is -1.17. The molecule has 0 aromatic heterocycles. The number of allylic oxidation sites excluding steroid dienone is 4. The van der Waals surface area contributed by atoms with E-state index in [0.29, 0.717) is 19.3 Å². The van der Waals surface area contributed by atoms with Crippen molar-refractivity contribution in [2.75, 3.05) is 13.2 Å². The smallest absolute Gasteiger partial charge is 0.249 e. The number of rotatable bonds is 59. The standard InChI is InChI=1S/C67H129NO10/c1-3-5-7-9-11-13-15-17-19-21-23-25-27-29-31-33-35-37-39-41-43-45-47-49-51-53-55-60(71)66(76)68-58(57-77-67-65(75)64(74)63(73)61(56-69)78-67)62(72)59(70)54-52-50-48-46-44-42-40-38-36-34-32-30-28-26-24-22-20-18-16-14-12-10-8-6-4-2/h23,25,29,31,58-65,67,69-75H,3-22,24,26-28,30,32-57H2,1-2H3,(H,68,76)/b25-23-,31-29-. The molecule has 0 bridgehead atoms. The molecule has 0 aliphatic carbocycles. The molecular formula is C67H129NO10. The number of amides is 1. The second-order valence-electron chi connectivity index (χ2n) is 23.9. The van der Waals surface area contributed by atoms with Crippen molar-refractivity contribution >= 4 is 5.91 Å². The van der Waals surface area contributed by atoms with Crippen LogP contribution in [0.25, 0.3) is 0 Å². The molecule has 1 heterocycles. The van der Waals surface area contributed by atoms with E-state index in [1.54, 1.807) is 0 Å². The van der Waals surface area contributed by atoms with Crippen molar-refractivity contribution in [1.82, 2.24) is 5.32 Å². The largest absolute Gasteiger partial charge is 0.394 e. The minimum absolute atomic E-state index is 0.258. The molecule has 11 nitrogen and oxygen atoms in total. The lowest BCUT2D eigenvalue weighted by Gasteiger charge is -2.40. The second-order valence-corrected chi connectivity index (χ2v) is 23.9. The zero-order chi connectivity index (χ0) is 56.8. The first-order valence-corrected chi connectivity index (χ1v) is 33.7. The third kappa shape index (κ3) is 43.3. The van der Waals surface area contributed by atoms with Crippen LogP contribution in [0.3, 0.4) is 0 Å². The van der Waals surface area contributed by atoms with E-state index < -0.39 is 74.2 Å². The molecule has 1 fully saturated rings. The molecule has 9 unspecified atom stereocenters. The van der Waals surface area contributed by atoms with Crippen molar-refractivity contribution in [3.63, 3.8) is 0 Å². The fourth-order valence-electron chi connectivity index (χ4n) is 11.1. The molecule has 9 atom stereocenters. The van der Waals surface area contributed by atoms with Crippen LogP contribution < -0.4 is 5.32 Å². The number of nitrogens with one attached hydrogen (secondary N) is 1. The van der Waals surface area contributed by atoms with E-state index in [1.807, 2.05) is 0 Å². The number of ether oxygens (including phenoxy) is 2. The average molecular weight is 1110 g/mol. The maximum Gasteiger partial charge on any atom is 0.249 e. The lowest BCUT2D eigenvalue weighted by molar-refractivity contribution is -0.303. The van der Waals surface area contributed by atoms with E-state index in [2.05, 4.69) is 43.5 Å². The molecule has 78 heavy (non-hydrogen) atoms. The first-order valence-electron chi connectivity index (χ1n) is 33.7. The fraction of sp³-hybridized carbons (Fsp3) is 0.925. The Hall–Kier alpha value is -1.41. The van der Waals surface area contributed by atoms with Gasteiger partial charge in [0.15, 0.2) is 6.29 Å². The molecule has 0 radical (unpaired) electrons. The second kappa shape index (κ2) is 56.1. The van der Waals surface area contributed by atoms with Crippen LogP contribution in [0, 0.1) is 0 Å². The number of unbranched alkanes of at least 4 members (excludes halogenated alkanes) is 43. The molecule has 1 saturated heterocycles. The van der Waals surface area contributed by atoms with Crippen molar-refractivity contribution in [1.29, 1.82) is 0 Å². The van der Waals surface area contributed by atoms with E-state index >= 15 is 0 Å². The Bertz CT molecular complexity index is 1320. The van der Waals surface area contributed by atoms with Gasteiger partial charge in [-0.25, -0.2) is 0 Å². The Morgan fingerprint density at radius 3 is 1.14 bits per heavy atom. The third-order valence-corrected chi connectivity index (χ3v) is 16.5. The summed E-state index contributed by atoms with van der Waals surface area (Å²) < 4.78 is 11.2. The van der Waals surface area contributed by atoms with Crippen LogP contribution in [0.4, 0.5) is 0 Å². The van der Waals surface area contributed by atoms with E-state index in [1.165, 1.54) is 238 Å². The lowest BCUT2D eigenvalue weighted by Crippen LogP contribution is -2.60. The van der Waals surface area contributed by atoms with Gasteiger partial charge in [0.25, 0.3) is 0 Å². The molecule has 1 aliphatic rings. The molecular weight excluding hydrogens is 979 g/mol. The number of carbonyl (C=O) groups excluding carboxylic acids is 1. The first kappa shape index (κ1) is 74.6. The highest BCUT2D eigenvalue weighted by molar-refractivity contribution is 5.80. The molecule has 1 rings (SSSR count). The summed E-state index contributed by atoms with van der Waals surface area (Å²) in [5, 5.41) is 76.5. The fourth-order valence-corrected chi connectivity index (χ4v) is 11.1. The van der Waals surface area contributed by atoms with Gasteiger partial charge in [0.1, 0.15) is 36.6 Å².